The lowest BCUT2D eigenvalue weighted by atomic mass is 10.1. The van der Waals surface area contributed by atoms with Crippen LogP contribution in [0.25, 0.3) is 0 Å². The molecule has 0 aliphatic carbocycles. The Morgan fingerprint density at radius 2 is 1.78 bits per heavy atom. The maximum Gasteiger partial charge on any atom is 0.338 e. The van der Waals surface area contributed by atoms with Crippen molar-refractivity contribution in [1.29, 1.82) is 0 Å². The van der Waals surface area contributed by atoms with Crippen LogP contribution in [0.15, 0.2) is 36.4 Å². The molecule has 2 aromatic carbocycles. The van der Waals surface area contributed by atoms with Gasteiger partial charge in [-0.25, -0.2) is 4.79 Å². The predicted octanol–water partition coefficient (Wildman–Crippen LogP) is 3.81. The molecule has 1 aliphatic rings. The van der Waals surface area contributed by atoms with Crippen LogP contribution in [0.1, 0.15) is 44.4 Å². The average molecular weight is 479 g/mol. The highest BCUT2D eigenvalue weighted by molar-refractivity contribution is 6.36. The number of methoxy groups -OCH3 is 1. The number of carbonyl (C=O) groups is 4. The largest absolute Gasteiger partial charge is 0.449 e. The molecule has 1 aliphatic heterocycles. The molecule has 1 atom stereocenters. The molecule has 3 amide bonds. The summed E-state index contributed by atoms with van der Waals surface area (Å²) in [6, 6.07) is 8.64. The predicted molar refractivity (Wildman–Crippen MR) is 118 cm³/mol. The molecular weight excluding hydrogens is 459 g/mol. The SMILES string of the molecule is COCCCN1C(=O)c2ccc(C(=O)O[C@H](C)C(=O)Nc3ccc(Cl)cc3Cl)cc2C1=O. The molecule has 1 heterocycles. The van der Waals surface area contributed by atoms with Crippen LogP contribution in [-0.4, -0.2) is 55.0 Å². The highest BCUT2D eigenvalue weighted by Crippen LogP contribution is 2.26. The first-order chi connectivity index (χ1) is 15.2. The Balaban J connectivity index is 1.67. The van der Waals surface area contributed by atoms with E-state index in [2.05, 4.69) is 5.32 Å². The van der Waals surface area contributed by atoms with Crippen molar-refractivity contribution in [3.63, 3.8) is 0 Å². The van der Waals surface area contributed by atoms with Gasteiger partial charge in [0.25, 0.3) is 17.7 Å². The van der Waals surface area contributed by atoms with E-state index in [-0.39, 0.29) is 28.3 Å². The van der Waals surface area contributed by atoms with Gasteiger partial charge in [0.15, 0.2) is 6.10 Å². The lowest BCUT2D eigenvalue weighted by Crippen LogP contribution is -2.31. The van der Waals surface area contributed by atoms with E-state index in [9.17, 15) is 19.2 Å². The average Bonchev–Trinajstić information content (AvgIpc) is 3.00. The summed E-state index contributed by atoms with van der Waals surface area (Å²) in [6.45, 7) is 2.02. The number of ether oxygens (including phenoxy) is 2. The van der Waals surface area contributed by atoms with Gasteiger partial charge in [-0.3, -0.25) is 19.3 Å². The molecule has 0 radical (unpaired) electrons. The summed E-state index contributed by atoms with van der Waals surface area (Å²) in [5.74, 6) is -2.32. The van der Waals surface area contributed by atoms with Crippen molar-refractivity contribution in [3.05, 3.63) is 63.1 Å². The topological polar surface area (TPSA) is 102 Å². The Bertz CT molecular complexity index is 1090. The molecule has 0 unspecified atom stereocenters. The molecule has 32 heavy (non-hydrogen) atoms. The van der Waals surface area contributed by atoms with Crippen LogP contribution in [0.3, 0.4) is 0 Å². The molecule has 168 valence electrons. The smallest absolute Gasteiger partial charge is 0.338 e. The van der Waals surface area contributed by atoms with E-state index < -0.39 is 29.8 Å². The number of benzene rings is 2. The zero-order valence-corrected chi connectivity index (χ0v) is 18.8. The summed E-state index contributed by atoms with van der Waals surface area (Å²) in [6.07, 6.45) is -0.647. The summed E-state index contributed by atoms with van der Waals surface area (Å²) in [7, 11) is 1.53. The van der Waals surface area contributed by atoms with Crippen molar-refractivity contribution in [2.75, 3.05) is 25.6 Å². The molecule has 0 bridgehead atoms. The lowest BCUT2D eigenvalue weighted by Gasteiger charge is -2.14. The fourth-order valence-corrected chi connectivity index (χ4v) is 3.55. The molecule has 0 fully saturated rings. The zero-order chi connectivity index (χ0) is 23.4. The van der Waals surface area contributed by atoms with Crippen LogP contribution in [0.2, 0.25) is 10.0 Å². The van der Waals surface area contributed by atoms with Crippen LogP contribution >= 0.6 is 23.2 Å². The van der Waals surface area contributed by atoms with Crippen LogP contribution in [0.4, 0.5) is 5.69 Å². The Morgan fingerprint density at radius 1 is 1.06 bits per heavy atom. The minimum absolute atomic E-state index is 0.0489. The van der Waals surface area contributed by atoms with E-state index in [0.29, 0.717) is 23.7 Å². The number of hydrogen-bond acceptors (Lipinski definition) is 6. The minimum atomic E-state index is -1.15. The summed E-state index contributed by atoms with van der Waals surface area (Å²) in [4.78, 5) is 51.1. The Labute approximate surface area is 194 Å². The summed E-state index contributed by atoms with van der Waals surface area (Å²) in [5, 5.41) is 3.20. The van der Waals surface area contributed by atoms with E-state index in [1.54, 1.807) is 6.07 Å². The molecule has 0 spiro atoms. The molecule has 0 saturated heterocycles. The quantitative estimate of drug-likeness (QED) is 0.351. The van der Waals surface area contributed by atoms with Crippen molar-refractivity contribution in [1.82, 2.24) is 4.90 Å². The van der Waals surface area contributed by atoms with Gasteiger partial charge in [-0.15, -0.1) is 0 Å². The Morgan fingerprint density at radius 3 is 2.47 bits per heavy atom. The third-order valence-electron chi connectivity index (χ3n) is 4.78. The van der Waals surface area contributed by atoms with Gasteiger partial charge in [0, 0.05) is 25.3 Å². The van der Waals surface area contributed by atoms with Gasteiger partial charge in [0.05, 0.1) is 27.4 Å². The molecule has 1 N–H and O–H groups in total. The van der Waals surface area contributed by atoms with Crippen molar-refractivity contribution < 1.29 is 28.7 Å². The molecule has 0 aromatic heterocycles. The lowest BCUT2D eigenvalue weighted by molar-refractivity contribution is -0.123. The second-order valence-electron chi connectivity index (χ2n) is 7.03. The number of hydrogen-bond donors (Lipinski definition) is 1. The third-order valence-corrected chi connectivity index (χ3v) is 5.33. The molecular formula is C22H20Cl2N2O6. The van der Waals surface area contributed by atoms with Gasteiger partial charge >= 0.3 is 5.97 Å². The van der Waals surface area contributed by atoms with E-state index >= 15 is 0 Å². The van der Waals surface area contributed by atoms with Crippen LogP contribution in [-0.2, 0) is 14.3 Å². The van der Waals surface area contributed by atoms with Crippen LogP contribution < -0.4 is 5.32 Å². The third kappa shape index (κ3) is 5.09. The maximum atomic E-state index is 12.6. The summed E-state index contributed by atoms with van der Waals surface area (Å²) in [5.41, 5.74) is 0.700. The highest BCUT2D eigenvalue weighted by atomic mass is 35.5. The first kappa shape index (κ1) is 23.7. The summed E-state index contributed by atoms with van der Waals surface area (Å²) >= 11 is 11.9. The number of amides is 3. The first-order valence-corrected chi connectivity index (χ1v) is 10.4. The van der Waals surface area contributed by atoms with Gasteiger partial charge in [-0.1, -0.05) is 23.2 Å². The highest BCUT2D eigenvalue weighted by Gasteiger charge is 2.36. The second kappa shape index (κ2) is 10.1. The standard InChI is InChI=1S/C22H20Cl2N2O6/c1-12(19(27)25-18-7-5-14(23)11-17(18)24)32-22(30)13-4-6-15-16(10-13)21(29)26(20(15)28)8-3-9-31-2/h4-7,10-12H,3,8-9H2,1-2H3,(H,25,27)/t12-/m1/s1. The number of anilines is 1. The van der Waals surface area contributed by atoms with E-state index in [0.717, 1.165) is 4.90 Å². The Kier molecular flexibility index (Phi) is 7.50. The van der Waals surface area contributed by atoms with Gasteiger partial charge in [-0.05, 0) is 49.7 Å². The van der Waals surface area contributed by atoms with Crippen molar-refractivity contribution >= 4 is 52.6 Å². The van der Waals surface area contributed by atoms with E-state index in [1.807, 2.05) is 0 Å². The number of nitrogens with zero attached hydrogens (tertiary/aromatic N) is 1. The molecule has 0 saturated carbocycles. The molecule has 2 aromatic rings. The second-order valence-corrected chi connectivity index (χ2v) is 7.87. The Hall–Kier alpha value is -2.94. The number of rotatable bonds is 8. The minimum Gasteiger partial charge on any atom is -0.449 e. The van der Waals surface area contributed by atoms with E-state index in [4.69, 9.17) is 32.7 Å². The number of esters is 1. The van der Waals surface area contributed by atoms with Crippen molar-refractivity contribution in [2.24, 2.45) is 0 Å². The van der Waals surface area contributed by atoms with Gasteiger partial charge in [0.2, 0.25) is 0 Å². The number of halogens is 2. The van der Waals surface area contributed by atoms with Gasteiger partial charge in [0.1, 0.15) is 0 Å². The van der Waals surface area contributed by atoms with E-state index in [1.165, 1.54) is 44.4 Å². The normalized spacial score (nSPS) is 13.7. The number of fused-ring (bicyclic) bond motifs is 1. The van der Waals surface area contributed by atoms with Crippen molar-refractivity contribution in [2.45, 2.75) is 19.4 Å². The number of carbonyl (C=O) groups excluding carboxylic acids is 4. The molecule has 3 rings (SSSR count). The molecule has 8 nitrogen and oxygen atoms in total. The van der Waals surface area contributed by atoms with Crippen LogP contribution in [0, 0.1) is 0 Å². The maximum absolute atomic E-state index is 12.6. The summed E-state index contributed by atoms with van der Waals surface area (Å²) < 4.78 is 10.2. The van der Waals surface area contributed by atoms with Gasteiger partial charge < -0.3 is 14.8 Å². The van der Waals surface area contributed by atoms with Crippen molar-refractivity contribution in [3.8, 4) is 0 Å². The number of imide groups is 1. The zero-order valence-electron chi connectivity index (χ0n) is 17.3. The van der Waals surface area contributed by atoms with Crippen LogP contribution in [0.5, 0.6) is 0 Å². The fourth-order valence-electron chi connectivity index (χ4n) is 3.10. The molecule has 10 heteroatoms. The van der Waals surface area contributed by atoms with Gasteiger partial charge in [-0.2, -0.15) is 0 Å². The monoisotopic (exact) mass is 478 g/mol. The number of nitrogens with one attached hydrogen (secondary N) is 1. The fraction of sp³-hybridized carbons (Fsp3) is 0.273. The first-order valence-electron chi connectivity index (χ1n) is 9.69.